The number of rotatable bonds is 1. The van der Waals surface area contributed by atoms with E-state index in [4.69, 9.17) is 0 Å². The predicted octanol–water partition coefficient (Wildman–Crippen LogP) is 4.22. The number of aromatic nitrogens is 1. The highest BCUT2D eigenvalue weighted by atomic mass is 32.1. The van der Waals surface area contributed by atoms with Crippen molar-refractivity contribution in [2.24, 2.45) is 7.05 Å². The molecule has 0 saturated carbocycles. The molecule has 3 rings (SSSR count). The van der Waals surface area contributed by atoms with Crippen molar-refractivity contribution in [3.63, 3.8) is 0 Å². The number of nitrogens with zero attached hydrogens (tertiary/aromatic N) is 1. The van der Waals surface area contributed by atoms with Gasteiger partial charge in [-0.25, -0.2) is 0 Å². The lowest BCUT2D eigenvalue weighted by molar-refractivity contribution is 0.969. The second-order valence-corrected chi connectivity index (χ2v) is 5.40. The zero-order chi connectivity index (χ0) is 11.1. The third-order valence-electron chi connectivity index (χ3n) is 2.91. The zero-order valence-corrected chi connectivity index (χ0v) is 10.2. The molecule has 0 atom stereocenters. The van der Waals surface area contributed by atoms with E-state index in [1.165, 1.54) is 26.2 Å². The number of aryl methyl sites for hydroxylation is 2. The summed E-state index contributed by atoms with van der Waals surface area (Å²) in [6.07, 6.45) is 2.11. The minimum atomic E-state index is 1.29. The number of hydrogen-bond acceptors (Lipinski definition) is 1. The van der Waals surface area contributed by atoms with Crippen molar-refractivity contribution in [3.8, 4) is 10.4 Å². The first-order chi connectivity index (χ1) is 7.74. The van der Waals surface area contributed by atoms with Gasteiger partial charge in [0.05, 0.1) is 0 Å². The summed E-state index contributed by atoms with van der Waals surface area (Å²) in [5, 5.41) is 1.31. The van der Waals surface area contributed by atoms with Crippen LogP contribution in [-0.4, -0.2) is 4.57 Å². The zero-order valence-electron chi connectivity index (χ0n) is 9.40. The number of benzene rings is 1. The number of hydrogen-bond donors (Lipinski definition) is 0. The third-order valence-corrected chi connectivity index (χ3v) is 3.96. The van der Waals surface area contributed by atoms with Crippen molar-refractivity contribution in [2.75, 3.05) is 0 Å². The van der Waals surface area contributed by atoms with Gasteiger partial charge in [-0.1, -0.05) is 6.07 Å². The lowest BCUT2D eigenvalue weighted by atomic mass is 10.1. The SMILES string of the molecule is Cc1ccc(-c2ccc3c(ccn3C)c2)s1. The summed E-state index contributed by atoms with van der Waals surface area (Å²) in [6.45, 7) is 2.15. The predicted molar refractivity (Wildman–Crippen MR) is 71.0 cm³/mol. The highest BCUT2D eigenvalue weighted by Gasteiger charge is 2.03. The van der Waals surface area contributed by atoms with Crippen LogP contribution in [0.3, 0.4) is 0 Å². The maximum Gasteiger partial charge on any atom is 0.0478 e. The van der Waals surface area contributed by atoms with E-state index < -0.39 is 0 Å². The van der Waals surface area contributed by atoms with E-state index in [1.807, 2.05) is 11.3 Å². The topological polar surface area (TPSA) is 4.93 Å². The molecule has 1 aromatic carbocycles. The molecule has 80 valence electrons. The van der Waals surface area contributed by atoms with Gasteiger partial charge in [-0.15, -0.1) is 11.3 Å². The van der Waals surface area contributed by atoms with Crippen LogP contribution in [0.1, 0.15) is 4.88 Å². The van der Waals surface area contributed by atoms with Crippen LogP contribution in [0.4, 0.5) is 0 Å². The molecule has 0 aliphatic heterocycles. The van der Waals surface area contributed by atoms with Gasteiger partial charge in [0.25, 0.3) is 0 Å². The molecule has 0 aliphatic carbocycles. The molecule has 1 nitrogen and oxygen atoms in total. The molecule has 0 aliphatic rings. The van der Waals surface area contributed by atoms with Crippen LogP contribution >= 0.6 is 11.3 Å². The Morgan fingerprint density at radius 2 is 1.94 bits per heavy atom. The van der Waals surface area contributed by atoms with Gasteiger partial charge in [-0.3, -0.25) is 0 Å². The van der Waals surface area contributed by atoms with Crippen LogP contribution in [0, 0.1) is 6.92 Å². The van der Waals surface area contributed by atoms with Crippen LogP contribution in [0.25, 0.3) is 21.3 Å². The normalized spacial score (nSPS) is 11.1. The molecule has 16 heavy (non-hydrogen) atoms. The first-order valence-corrected chi connectivity index (χ1v) is 6.17. The van der Waals surface area contributed by atoms with E-state index in [2.05, 4.69) is 61.1 Å². The summed E-state index contributed by atoms with van der Waals surface area (Å²) in [4.78, 5) is 2.71. The lowest BCUT2D eigenvalue weighted by Gasteiger charge is -1.99. The Morgan fingerprint density at radius 1 is 1.06 bits per heavy atom. The van der Waals surface area contributed by atoms with Gasteiger partial charge in [0.15, 0.2) is 0 Å². The Balaban J connectivity index is 2.18. The van der Waals surface area contributed by atoms with E-state index in [0.29, 0.717) is 0 Å². The molecule has 0 radical (unpaired) electrons. The smallest absolute Gasteiger partial charge is 0.0478 e. The quantitative estimate of drug-likeness (QED) is 0.586. The van der Waals surface area contributed by atoms with E-state index in [0.717, 1.165) is 0 Å². The van der Waals surface area contributed by atoms with Gasteiger partial charge in [0.2, 0.25) is 0 Å². The lowest BCUT2D eigenvalue weighted by Crippen LogP contribution is -1.82. The Hall–Kier alpha value is -1.54. The largest absolute Gasteiger partial charge is 0.351 e. The molecule has 0 fully saturated rings. The summed E-state index contributed by atoms with van der Waals surface area (Å²) in [5.74, 6) is 0. The van der Waals surface area contributed by atoms with Crippen molar-refractivity contribution in [1.29, 1.82) is 0 Å². The Kier molecular flexibility index (Phi) is 2.11. The maximum atomic E-state index is 2.26. The van der Waals surface area contributed by atoms with Gasteiger partial charge >= 0.3 is 0 Å². The first kappa shape index (κ1) is 9.67. The van der Waals surface area contributed by atoms with Crippen molar-refractivity contribution in [1.82, 2.24) is 4.57 Å². The number of thiophene rings is 1. The molecular formula is C14H13NS. The van der Waals surface area contributed by atoms with Crippen molar-refractivity contribution in [3.05, 3.63) is 47.5 Å². The van der Waals surface area contributed by atoms with Crippen molar-refractivity contribution in [2.45, 2.75) is 6.92 Å². The highest BCUT2D eigenvalue weighted by molar-refractivity contribution is 7.15. The second kappa shape index (κ2) is 3.49. The number of fused-ring (bicyclic) bond motifs is 1. The average Bonchev–Trinajstić information content (AvgIpc) is 2.86. The van der Waals surface area contributed by atoms with Crippen LogP contribution in [-0.2, 0) is 7.05 Å². The standard InChI is InChI=1S/C14H13NS/c1-10-3-6-14(16-10)12-4-5-13-11(9-12)7-8-15(13)2/h3-9H,1-2H3. The molecular weight excluding hydrogens is 214 g/mol. The van der Waals surface area contributed by atoms with Gasteiger partial charge in [-0.2, -0.15) is 0 Å². The molecule has 2 heteroatoms. The van der Waals surface area contributed by atoms with Crippen molar-refractivity contribution >= 4 is 22.2 Å². The molecule has 0 spiro atoms. The van der Waals surface area contributed by atoms with Crippen molar-refractivity contribution < 1.29 is 0 Å². The van der Waals surface area contributed by atoms with Gasteiger partial charge in [0, 0.05) is 33.9 Å². The van der Waals surface area contributed by atoms with Gasteiger partial charge < -0.3 is 4.57 Å². The molecule has 0 N–H and O–H groups in total. The molecule has 0 saturated heterocycles. The third kappa shape index (κ3) is 1.46. The molecule has 3 aromatic rings. The molecule has 0 amide bonds. The Labute approximate surface area is 99.0 Å². The fraction of sp³-hybridized carbons (Fsp3) is 0.143. The van der Waals surface area contributed by atoms with E-state index in [1.54, 1.807) is 0 Å². The van der Waals surface area contributed by atoms with E-state index >= 15 is 0 Å². The molecule has 0 unspecified atom stereocenters. The summed E-state index contributed by atoms with van der Waals surface area (Å²) < 4.78 is 2.15. The molecule has 0 bridgehead atoms. The Bertz CT molecular complexity index is 646. The minimum Gasteiger partial charge on any atom is -0.351 e. The summed E-state index contributed by atoms with van der Waals surface area (Å²) in [5.41, 5.74) is 2.61. The van der Waals surface area contributed by atoms with Crippen LogP contribution in [0.5, 0.6) is 0 Å². The van der Waals surface area contributed by atoms with Crippen LogP contribution in [0.2, 0.25) is 0 Å². The minimum absolute atomic E-state index is 1.29. The van der Waals surface area contributed by atoms with Gasteiger partial charge in [-0.05, 0) is 42.8 Å². The van der Waals surface area contributed by atoms with E-state index in [-0.39, 0.29) is 0 Å². The fourth-order valence-corrected chi connectivity index (χ4v) is 2.89. The summed E-state index contributed by atoms with van der Waals surface area (Å²) in [7, 11) is 2.08. The van der Waals surface area contributed by atoms with Crippen LogP contribution in [0.15, 0.2) is 42.6 Å². The fourth-order valence-electron chi connectivity index (χ4n) is 2.02. The first-order valence-electron chi connectivity index (χ1n) is 5.36. The highest BCUT2D eigenvalue weighted by Crippen LogP contribution is 2.30. The average molecular weight is 227 g/mol. The van der Waals surface area contributed by atoms with E-state index in [9.17, 15) is 0 Å². The second-order valence-electron chi connectivity index (χ2n) is 4.11. The van der Waals surface area contributed by atoms with Gasteiger partial charge in [0.1, 0.15) is 0 Å². The molecule has 2 aromatic heterocycles. The maximum absolute atomic E-state index is 2.26. The molecule has 2 heterocycles. The Morgan fingerprint density at radius 3 is 2.69 bits per heavy atom. The van der Waals surface area contributed by atoms with Crippen LogP contribution < -0.4 is 0 Å². The monoisotopic (exact) mass is 227 g/mol. The summed E-state index contributed by atoms with van der Waals surface area (Å²) in [6, 6.07) is 13.2. The summed E-state index contributed by atoms with van der Waals surface area (Å²) >= 11 is 1.85.